The molecular formula is C7H16N2S. The molecule has 0 aromatic carbocycles. The van der Waals surface area contributed by atoms with Gasteiger partial charge in [-0.3, -0.25) is 0 Å². The van der Waals surface area contributed by atoms with Crippen LogP contribution in [0.1, 0.15) is 19.3 Å². The summed E-state index contributed by atoms with van der Waals surface area (Å²) < 4.78 is 0.234. The Kier molecular flexibility index (Phi) is 3.01. The van der Waals surface area contributed by atoms with Crippen LogP contribution in [0.25, 0.3) is 0 Å². The largest absolute Gasteiger partial charge is 0.329 e. The first-order valence-electron chi connectivity index (χ1n) is 3.87. The molecule has 1 rings (SSSR count). The number of nitrogens with two attached hydrogens (primary N) is 2. The van der Waals surface area contributed by atoms with E-state index in [0.29, 0.717) is 0 Å². The maximum Gasteiger partial charge on any atom is 0.0404 e. The standard InChI is InChI=1S/C7H16N2S/c8-5-7(6-9)3-1-2-4-10-7/h1-6,8-9H2. The summed E-state index contributed by atoms with van der Waals surface area (Å²) in [5, 5.41) is 0. The SMILES string of the molecule is NCC1(CN)CCCCS1. The van der Waals surface area contributed by atoms with Crippen LogP contribution in [0.15, 0.2) is 0 Å². The van der Waals surface area contributed by atoms with Gasteiger partial charge in [0, 0.05) is 17.8 Å². The van der Waals surface area contributed by atoms with Crippen molar-refractivity contribution in [2.75, 3.05) is 18.8 Å². The van der Waals surface area contributed by atoms with Gasteiger partial charge in [0.15, 0.2) is 0 Å². The van der Waals surface area contributed by atoms with Gasteiger partial charge in [-0.05, 0) is 18.6 Å². The molecule has 1 fully saturated rings. The zero-order chi connectivity index (χ0) is 7.45. The van der Waals surface area contributed by atoms with Crippen molar-refractivity contribution in [2.24, 2.45) is 11.5 Å². The van der Waals surface area contributed by atoms with Crippen LogP contribution in [0.3, 0.4) is 0 Å². The zero-order valence-electron chi connectivity index (χ0n) is 6.31. The van der Waals surface area contributed by atoms with Gasteiger partial charge in [-0.1, -0.05) is 6.42 Å². The van der Waals surface area contributed by atoms with Crippen molar-refractivity contribution in [1.82, 2.24) is 0 Å². The minimum absolute atomic E-state index is 0.234. The fourth-order valence-electron chi connectivity index (χ4n) is 1.32. The van der Waals surface area contributed by atoms with Crippen LogP contribution in [0.4, 0.5) is 0 Å². The number of hydrogen-bond acceptors (Lipinski definition) is 3. The molecule has 0 aromatic rings. The quantitative estimate of drug-likeness (QED) is 0.620. The van der Waals surface area contributed by atoms with E-state index in [-0.39, 0.29) is 4.75 Å². The fourth-order valence-corrected chi connectivity index (χ4v) is 2.62. The highest BCUT2D eigenvalue weighted by molar-refractivity contribution is 8.00. The third-order valence-corrected chi connectivity index (χ3v) is 3.82. The van der Waals surface area contributed by atoms with Crippen molar-refractivity contribution in [3.05, 3.63) is 0 Å². The van der Waals surface area contributed by atoms with E-state index in [1.165, 1.54) is 25.0 Å². The molecule has 3 heteroatoms. The first-order valence-corrected chi connectivity index (χ1v) is 4.86. The summed E-state index contributed by atoms with van der Waals surface area (Å²) >= 11 is 1.96. The highest BCUT2D eigenvalue weighted by Gasteiger charge is 2.29. The molecule has 60 valence electrons. The molecule has 0 aliphatic carbocycles. The number of hydrogen-bond donors (Lipinski definition) is 2. The molecule has 0 spiro atoms. The van der Waals surface area contributed by atoms with E-state index >= 15 is 0 Å². The first-order chi connectivity index (χ1) is 4.83. The molecule has 1 saturated heterocycles. The lowest BCUT2D eigenvalue weighted by molar-refractivity contribution is 0.514. The molecule has 0 amide bonds. The van der Waals surface area contributed by atoms with E-state index in [2.05, 4.69) is 0 Å². The monoisotopic (exact) mass is 160 g/mol. The van der Waals surface area contributed by atoms with Crippen LogP contribution < -0.4 is 11.5 Å². The Labute approximate surface area is 66.7 Å². The fraction of sp³-hybridized carbons (Fsp3) is 1.00. The van der Waals surface area contributed by atoms with E-state index in [9.17, 15) is 0 Å². The summed E-state index contributed by atoms with van der Waals surface area (Å²) in [6.07, 6.45) is 3.86. The van der Waals surface area contributed by atoms with Crippen molar-refractivity contribution >= 4 is 11.8 Å². The van der Waals surface area contributed by atoms with Crippen LogP contribution in [0, 0.1) is 0 Å². The average Bonchev–Trinajstić information content (AvgIpc) is 2.06. The molecule has 0 atom stereocenters. The minimum Gasteiger partial charge on any atom is -0.329 e. The molecule has 0 bridgehead atoms. The summed E-state index contributed by atoms with van der Waals surface area (Å²) in [5.41, 5.74) is 11.3. The first kappa shape index (κ1) is 8.37. The van der Waals surface area contributed by atoms with Crippen LogP contribution >= 0.6 is 11.8 Å². The van der Waals surface area contributed by atoms with Crippen LogP contribution in [-0.2, 0) is 0 Å². The Bertz CT molecular complexity index is 93.8. The maximum atomic E-state index is 5.65. The van der Waals surface area contributed by atoms with Crippen molar-refractivity contribution in [1.29, 1.82) is 0 Å². The smallest absolute Gasteiger partial charge is 0.0404 e. The van der Waals surface area contributed by atoms with E-state index in [4.69, 9.17) is 11.5 Å². The van der Waals surface area contributed by atoms with Crippen molar-refractivity contribution in [2.45, 2.75) is 24.0 Å². The average molecular weight is 160 g/mol. The summed E-state index contributed by atoms with van der Waals surface area (Å²) in [4.78, 5) is 0. The highest BCUT2D eigenvalue weighted by atomic mass is 32.2. The summed E-state index contributed by atoms with van der Waals surface area (Å²) in [6, 6.07) is 0. The third-order valence-electron chi connectivity index (χ3n) is 2.18. The molecule has 10 heavy (non-hydrogen) atoms. The normalized spacial score (nSPS) is 24.6. The predicted molar refractivity (Wildman–Crippen MR) is 47.1 cm³/mol. The number of thioether (sulfide) groups is 1. The Balaban J connectivity index is 2.44. The Morgan fingerprint density at radius 3 is 2.20 bits per heavy atom. The van der Waals surface area contributed by atoms with E-state index < -0.39 is 0 Å². The molecule has 4 N–H and O–H groups in total. The maximum absolute atomic E-state index is 5.65. The lowest BCUT2D eigenvalue weighted by Crippen LogP contribution is -2.43. The summed E-state index contributed by atoms with van der Waals surface area (Å²) in [6.45, 7) is 1.49. The van der Waals surface area contributed by atoms with Crippen molar-refractivity contribution in [3.63, 3.8) is 0 Å². The van der Waals surface area contributed by atoms with Crippen LogP contribution in [0.2, 0.25) is 0 Å². The zero-order valence-corrected chi connectivity index (χ0v) is 7.12. The molecule has 0 aromatic heterocycles. The van der Waals surface area contributed by atoms with Gasteiger partial charge in [-0.25, -0.2) is 0 Å². The van der Waals surface area contributed by atoms with Gasteiger partial charge in [0.1, 0.15) is 0 Å². The van der Waals surface area contributed by atoms with Gasteiger partial charge < -0.3 is 11.5 Å². The lowest BCUT2D eigenvalue weighted by atomic mass is 10.0. The predicted octanol–water partition coefficient (Wildman–Crippen LogP) is 0.560. The minimum atomic E-state index is 0.234. The topological polar surface area (TPSA) is 52.0 Å². The van der Waals surface area contributed by atoms with E-state index in [0.717, 1.165) is 13.1 Å². The molecule has 1 heterocycles. The van der Waals surface area contributed by atoms with Gasteiger partial charge in [0.2, 0.25) is 0 Å². The summed E-state index contributed by atoms with van der Waals surface area (Å²) in [7, 11) is 0. The molecular weight excluding hydrogens is 144 g/mol. The molecule has 1 aliphatic heterocycles. The highest BCUT2D eigenvalue weighted by Crippen LogP contribution is 2.34. The molecule has 2 nitrogen and oxygen atoms in total. The Hall–Kier alpha value is 0.270. The second-order valence-corrected chi connectivity index (χ2v) is 4.46. The van der Waals surface area contributed by atoms with Gasteiger partial charge in [0.05, 0.1) is 0 Å². The summed E-state index contributed by atoms with van der Waals surface area (Å²) in [5.74, 6) is 1.24. The van der Waals surface area contributed by atoms with E-state index in [1.54, 1.807) is 0 Å². The van der Waals surface area contributed by atoms with Crippen LogP contribution in [0.5, 0.6) is 0 Å². The lowest BCUT2D eigenvalue weighted by Gasteiger charge is -2.34. The van der Waals surface area contributed by atoms with Crippen molar-refractivity contribution in [3.8, 4) is 0 Å². The third kappa shape index (κ3) is 1.65. The van der Waals surface area contributed by atoms with Crippen LogP contribution in [-0.4, -0.2) is 23.6 Å². The van der Waals surface area contributed by atoms with Gasteiger partial charge in [0.25, 0.3) is 0 Å². The Morgan fingerprint density at radius 1 is 1.20 bits per heavy atom. The van der Waals surface area contributed by atoms with Gasteiger partial charge in [-0.2, -0.15) is 11.8 Å². The Morgan fingerprint density at radius 2 is 1.90 bits per heavy atom. The van der Waals surface area contributed by atoms with Gasteiger partial charge in [-0.15, -0.1) is 0 Å². The second kappa shape index (κ2) is 3.60. The molecule has 1 aliphatic rings. The van der Waals surface area contributed by atoms with Crippen molar-refractivity contribution < 1.29 is 0 Å². The molecule has 0 saturated carbocycles. The second-order valence-electron chi connectivity index (χ2n) is 2.90. The van der Waals surface area contributed by atoms with E-state index in [1.807, 2.05) is 11.8 Å². The van der Waals surface area contributed by atoms with Gasteiger partial charge >= 0.3 is 0 Å². The molecule has 0 radical (unpaired) electrons. The number of rotatable bonds is 2. The molecule has 0 unspecified atom stereocenters.